The van der Waals surface area contributed by atoms with Crippen molar-refractivity contribution in [3.63, 3.8) is 0 Å². The van der Waals surface area contributed by atoms with Crippen LogP contribution in [0.25, 0.3) is 0 Å². The van der Waals surface area contributed by atoms with Crippen molar-refractivity contribution >= 4 is 23.2 Å². The quantitative estimate of drug-likeness (QED) is 0.870. The average molecular weight is 326 g/mol. The van der Waals surface area contributed by atoms with E-state index in [1.165, 1.54) is 0 Å². The van der Waals surface area contributed by atoms with Crippen molar-refractivity contribution < 1.29 is 9.47 Å². The van der Waals surface area contributed by atoms with Crippen LogP contribution in [-0.2, 0) is 13.0 Å². The average Bonchev–Trinajstić information content (AvgIpc) is 2.50. The van der Waals surface area contributed by atoms with Crippen LogP contribution in [0.2, 0.25) is 10.0 Å². The summed E-state index contributed by atoms with van der Waals surface area (Å²) in [7, 11) is 1.62. The predicted octanol–water partition coefficient (Wildman–Crippen LogP) is 4.08. The number of rotatable bonds is 6. The van der Waals surface area contributed by atoms with Gasteiger partial charge in [-0.15, -0.1) is 0 Å². The first kappa shape index (κ1) is 16.0. The Labute approximate surface area is 134 Å². The molecule has 0 aliphatic carbocycles. The third-order valence-electron chi connectivity index (χ3n) is 3.10. The maximum atomic E-state index is 6.16. The van der Waals surface area contributed by atoms with Crippen LogP contribution >= 0.6 is 23.2 Å². The monoisotopic (exact) mass is 325 g/mol. The van der Waals surface area contributed by atoms with Crippen LogP contribution in [0.15, 0.2) is 36.4 Å². The number of nitrogens with two attached hydrogens (primary N) is 1. The Kier molecular flexibility index (Phi) is 5.74. The fourth-order valence-corrected chi connectivity index (χ4v) is 2.35. The van der Waals surface area contributed by atoms with E-state index >= 15 is 0 Å². The lowest BCUT2D eigenvalue weighted by molar-refractivity contribution is 0.300. The van der Waals surface area contributed by atoms with E-state index < -0.39 is 0 Å². The van der Waals surface area contributed by atoms with Gasteiger partial charge in [0.2, 0.25) is 0 Å². The van der Waals surface area contributed by atoms with Gasteiger partial charge in [-0.3, -0.25) is 0 Å². The van der Waals surface area contributed by atoms with Crippen LogP contribution in [-0.4, -0.2) is 13.7 Å². The summed E-state index contributed by atoms with van der Waals surface area (Å²) in [6, 6.07) is 11.2. The second-order valence-corrected chi connectivity index (χ2v) is 5.30. The molecule has 0 aliphatic rings. The van der Waals surface area contributed by atoms with E-state index in [-0.39, 0.29) is 0 Å². The molecule has 0 fully saturated rings. The Morgan fingerprint density at radius 1 is 1.10 bits per heavy atom. The van der Waals surface area contributed by atoms with Gasteiger partial charge in [-0.05, 0) is 30.7 Å². The summed E-state index contributed by atoms with van der Waals surface area (Å²) in [5.41, 5.74) is 7.50. The number of halogens is 2. The number of hydrogen-bond donors (Lipinski definition) is 1. The molecule has 0 amide bonds. The van der Waals surface area contributed by atoms with Crippen molar-refractivity contribution in [3.05, 3.63) is 57.6 Å². The second-order valence-electron chi connectivity index (χ2n) is 4.51. The zero-order valence-corrected chi connectivity index (χ0v) is 13.2. The van der Waals surface area contributed by atoms with Crippen molar-refractivity contribution in [2.75, 3.05) is 13.7 Å². The first-order valence-electron chi connectivity index (χ1n) is 6.58. The summed E-state index contributed by atoms with van der Waals surface area (Å²) < 4.78 is 11.1. The maximum absolute atomic E-state index is 6.16. The third-order valence-corrected chi connectivity index (χ3v) is 3.96. The van der Waals surface area contributed by atoms with Gasteiger partial charge in [-0.25, -0.2) is 0 Å². The molecule has 112 valence electrons. The highest BCUT2D eigenvalue weighted by Crippen LogP contribution is 2.29. The molecule has 2 aromatic carbocycles. The number of methoxy groups -OCH3 is 1. The van der Waals surface area contributed by atoms with Gasteiger partial charge >= 0.3 is 0 Å². The summed E-state index contributed by atoms with van der Waals surface area (Å²) in [4.78, 5) is 0. The fourth-order valence-electron chi connectivity index (χ4n) is 1.97. The van der Waals surface area contributed by atoms with Crippen LogP contribution in [0.4, 0.5) is 0 Å². The molecule has 2 rings (SSSR count). The van der Waals surface area contributed by atoms with E-state index in [4.69, 9.17) is 38.4 Å². The van der Waals surface area contributed by atoms with Crippen molar-refractivity contribution in [3.8, 4) is 11.5 Å². The number of hydrogen-bond acceptors (Lipinski definition) is 3. The lowest BCUT2D eigenvalue weighted by Gasteiger charge is -2.13. The molecule has 2 N–H and O–H groups in total. The molecule has 0 aromatic heterocycles. The molecule has 5 heteroatoms. The van der Waals surface area contributed by atoms with E-state index in [9.17, 15) is 0 Å². The molecule has 3 nitrogen and oxygen atoms in total. The van der Waals surface area contributed by atoms with Crippen LogP contribution in [0, 0.1) is 0 Å². The van der Waals surface area contributed by atoms with Crippen LogP contribution < -0.4 is 15.2 Å². The predicted molar refractivity (Wildman–Crippen MR) is 86.5 cm³/mol. The molecule has 0 spiro atoms. The summed E-state index contributed by atoms with van der Waals surface area (Å²) in [5.74, 6) is 1.49. The lowest BCUT2D eigenvalue weighted by Crippen LogP contribution is -2.06. The topological polar surface area (TPSA) is 44.5 Å². The van der Waals surface area contributed by atoms with Crippen molar-refractivity contribution in [2.45, 2.75) is 13.0 Å². The summed E-state index contributed by atoms with van der Waals surface area (Å²) in [6.45, 7) is 0.894. The molecule has 21 heavy (non-hydrogen) atoms. The first-order chi connectivity index (χ1) is 10.2. The van der Waals surface area contributed by atoms with E-state index in [1.54, 1.807) is 13.2 Å². The second kappa shape index (κ2) is 7.55. The largest absolute Gasteiger partial charge is 0.497 e. The van der Waals surface area contributed by atoms with Gasteiger partial charge in [-0.2, -0.15) is 0 Å². The van der Waals surface area contributed by atoms with E-state index in [2.05, 4.69) is 0 Å². The highest BCUT2D eigenvalue weighted by molar-refractivity contribution is 6.42. The molecule has 0 radical (unpaired) electrons. The zero-order valence-electron chi connectivity index (χ0n) is 11.7. The molecule has 2 aromatic rings. The van der Waals surface area contributed by atoms with Crippen molar-refractivity contribution in [2.24, 2.45) is 5.73 Å². The molecule has 0 saturated carbocycles. The minimum atomic E-state index is 0.337. The molecule has 0 bridgehead atoms. The third kappa shape index (κ3) is 4.03. The van der Waals surface area contributed by atoms with Crippen LogP contribution in [0.3, 0.4) is 0 Å². The summed E-state index contributed by atoms with van der Waals surface area (Å²) in [5, 5.41) is 1.04. The summed E-state index contributed by atoms with van der Waals surface area (Å²) >= 11 is 12.2. The van der Waals surface area contributed by atoms with Gasteiger partial charge in [0.1, 0.15) is 18.1 Å². The molecular formula is C16H17Cl2NO2. The Bertz CT molecular complexity index is 617. The molecular weight excluding hydrogens is 309 g/mol. The highest BCUT2D eigenvalue weighted by Gasteiger charge is 2.09. The molecule has 0 heterocycles. The maximum Gasteiger partial charge on any atom is 0.126 e. The normalized spacial score (nSPS) is 10.5. The van der Waals surface area contributed by atoms with Gasteiger partial charge in [0.05, 0.1) is 17.2 Å². The molecule has 0 aliphatic heterocycles. The molecule has 0 saturated heterocycles. The number of benzene rings is 2. The van der Waals surface area contributed by atoms with Crippen LogP contribution in [0.1, 0.15) is 11.1 Å². The highest BCUT2D eigenvalue weighted by atomic mass is 35.5. The SMILES string of the molecule is COc1ccc(CCN)c(OCc2cccc(Cl)c2Cl)c1. The Morgan fingerprint density at radius 3 is 2.62 bits per heavy atom. The van der Waals surface area contributed by atoms with E-state index in [0.29, 0.717) is 23.2 Å². The minimum Gasteiger partial charge on any atom is -0.497 e. The molecule has 0 atom stereocenters. The minimum absolute atomic E-state index is 0.337. The van der Waals surface area contributed by atoms with E-state index in [1.807, 2.05) is 30.3 Å². The van der Waals surface area contributed by atoms with E-state index in [0.717, 1.165) is 29.0 Å². The van der Waals surface area contributed by atoms with Crippen molar-refractivity contribution in [1.82, 2.24) is 0 Å². The Morgan fingerprint density at radius 2 is 1.90 bits per heavy atom. The van der Waals surface area contributed by atoms with Crippen LogP contribution in [0.5, 0.6) is 11.5 Å². The van der Waals surface area contributed by atoms with Gasteiger partial charge in [0.15, 0.2) is 0 Å². The number of ether oxygens (including phenoxy) is 2. The summed E-state index contributed by atoms with van der Waals surface area (Å²) in [6.07, 6.45) is 0.739. The first-order valence-corrected chi connectivity index (χ1v) is 7.34. The van der Waals surface area contributed by atoms with Gasteiger partial charge in [-0.1, -0.05) is 41.4 Å². The lowest BCUT2D eigenvalue weighted by atomic mass is 10.1. The standard InChI is InChI=1S/C16H17Cl2NO2/c1-20-13-6-5-11(7-8-19)15(9-13)21-10-12-3-2-4-14(17)16(12)18/h2-6,9H,7-8,10,19H2,1H3. The smallest absolute Gasteiger partial charge is 0.126 e. The van der Waals surface area contributed by atoms with Gasteiger partial charge in [0.25, 0.3) is 0 Å². The van der Waals surface area contributed by atoms with Crippen molar-refractivity contribution in [1.29, 1.82) is 0 Å². The van der Waals surface area contributed by atoms with Gasteiger partial charge in [0, 0.05) is 11.6 Å². The fraction of sp³-hybridized carbons (Fsp3) is 0.250. The Balaban J connectivity index is 2.20. The molecule has 0 unspecified atom stereocenters. The van der Waals surface area contributed by atoms with Gasteiger partial charge < -0.3 is 15.2 Å². The Hall–Kier alpha value is -1.42. The zero-order chi connectivity index (χ0) is 15.2.